The average Bonchev–Trinajstić information content (AvgIpc) is 2.94. The molecular formula is C18H23N5O. The zero-order chi connectivity index (χ0) is 16.9. The van der Waals surface area contributed by atoms with Crippen molar-refractivity contribution in [2.75, 3.05) is 31.1 Å². The predicted octanol–water partition coefficient (Wildman–Crippen LogP) is 2.78. The van der Waals surface area contributed by atoms with Gasteiger partial charge in [0.2, 0.25) is 5.89 Å². The Hall–Kier alpha value is -2.39. The lowest BCUT2D eigenvalue weighted by molar-refractivity contribution is 0.271. The van der Waals surface area contributed by atoms with Crippen molar-refractivity contribution in [3.8, 4) is 6.07 Å². The van der Waals surface area contributed by atoms with E-state index in [0.717, 1.165) is 45.0 Å². The minimum Gasteiger partial charge on any atom is -0.370 e. The summed E-state index contributed by atoms with van der Waals surface area (Å²) in [5, 5.41) is 13.0. The Balaban J connectivity index is 1.59. The van der Waals surface area contributed by atoms with Crippen molar-refractivity contribution >= 4 is 5.69 Å². The van der Waals surface area contributed by atoms with Crippen molar-refractivity contribution in [2.45, 2.75) is 32.7 Å². The third-order valence-corrected chi connectivity index (χ3v) is 4.29. The van der Waals surface area contributed by atoms with Crippen LogP contribution in [0.25, 0.3) is 0 Å². The summed E-state index contributed by atoms with van der Waals surface area (Å²) in [5.74, 6) is 1.74. The molecule has 2 heterocycles. The molecule has 24 heavy (non-hydrogen) atoms. The monoisotopic (exact) mass is 325 g/mol. The number of nitriles is 1. The summed E-state index contributed by atoms with van der Waals surface area (Å²) in [6.07, 6.45) is 1.09. The fourth-order valence-electron chi connectivity index (χ4n) is 2.90. The van der Waals surface area contributed by atoms with Gasteiger partial charge in [-0.25, -0.2) is 0 Å². The van der Waals surface area contributed by atoms with Crippen LogP contribution in [-0.2, 0) is 6.54 Å². The van der Waals surface area contributed by atoms with E-state index < -0.39 is 0 Å². The lowest BCUT2D eigenvalue weighted by Crippen LogP contribution is -2.30. The molecule has 1 aromatic heterocycles. The van der Waals surface area contributed by atoms with E-state index in [1.807, 2.05) is 24.3 Å². The number of rotatable bonds is 4. The van der Waals surface area contributed by atoms with Gasteiger partial charge in [0, 0.05) is 37.8 Å². The van der Waals surface area contributed by atoms with Crippen LogP contribution in [0.5, 0.6) is 0 Å². The summed E-state index contributed by atoms with van der Waals surface area (Å²) in [5.41, 5.74) is 1.88. The quantitative estimate of drug-likeness (QED) is 0.861. The van der Waals surface area contributed by atoms with Crippen LogP contribution >= 0.6 is 0 Å². The fraction of sp³-hybridized carbons (Fsp3) is 0.500. The Morgan fingerprint density at radius 3 is 2.62 bits per heavy atom. The largest absolute Gasteiger partial charge is 0.370 e. The third kappa shape index (κ3) is 3.92. The predicted molar refractivity (Wildman–Crippen MR) is 91.7 cm³/mol. The second kappa shape index (κ2) is 7.45. The molecule has 1 aliphatic rings. The molecule has 1 aliphatic heterocycles. The van der Waals surface area contributed by atoms with Gasteiger partial charge in [-0.05, 0) is 30.7 Å². The van der Waals surface area contributed by atoms with Gasteiger partial charge in [-0.3, -0.25) is 4.90 Å². The van der Waals surface area contributed by atoms with Gasteiger partial charge < -0.3 is 9.42 Å². The first-order chi connectivity index (χ1) is 11.7. The van der Waals surface area contributed by atoms with Crippen LogP contribution < -0.4 is 4.90 Å². The first-order valence-corrected chi connectivity index (χ1v) is 8.45. The lowest BCUT2D eigenvalue weighted by Gasteiger charge is -2.23. The number of nitrogens with zero attached hydrogens (tertiary/aromatic N) is 5. The molecule has 2 aromatic rings. The molecule has 0 atom stereocenters. The van der Waals surface area contributed by atoms with Crippen LogP contribution in [0.15, 0.2) is 28.8 Å². The average molecular weight is 325 g/mol. The number of hydrogen-bond acceptors (Lipinski definition) is 6. The molecule has 0 unspecified atom stereocenters. The van der Waals surface area contributed by atoms with Crippen molar-refractivity contribution in [2.24, 2.45) is 0 Å². The van der Waals surface area contributed by atoms with Gasteiger partial charge in [0.15, 0.2) is 5.82 Å². The number of benzene rings is 1. The summed E-state index contributed by atoms with van der Waals surface area (Å²) >= 11 is 0. The normalized spacial score (nSPS) is 16.2. The van der Waals surface area contributed by atoms with Crippen molar-refractivity contribution in [3.63, 3.8) is 0 Å². The van der Waals surface area contributed by atoms with Gasteiger partial charge in [-0.1, -0.05) is 19.0 Å². The van der Waals surface area contributed by atoms with E-state index in [1.165, 1.54) is 5.69 Å². The van der Waals surface area contributed by atoms with Crippen LogP contribution in [-0.4, -0.2) is 41.2 Å². The topological polar surface area (TPSA) is 69.2 Å². The van der Waals surface area contributed by atoms with Gasteiger partial charge in [0.05, 0.1) is 18.2 Å². The molecule has 0 saturated carbocycles. The summed E-state index contributed by atoms with van der Waals surface area (Å²) in [7, 11) is 0. The molecule has 6 heteroatoms. The molecule has 1 saturated heterocycles. The maximum absolute atomic E-state index is 8.90. The van der Waals surface area contributed by atoms with Crippen LogP contribution in [0, 0.1) is 11.3 Å². The molecular weight excluding hydrogens is 302 g/mol. The summed E-state index contributed by atoms with van der Waals surface area (Å²) < 4.78 is 5.29. The van der Waals surface area contributed by atoms with Crippen molar-refractivity contribution in [1.82, 2.24) is 15.0 Å². The summed E-state index contributed by atoms with van der Waals surface area (Å²) in [4.78, 5) is 9.21. The molecule has 0 N–H and O–H groups in total. The fourth-order valence-corrected chi connectivity index (χ4v) is 2.90. The Bertz CT molecular complexity index is 701. The zero-order valence-electron chi connectivity index (χ0n) is 14.3. The molecule has 0 radical (unpaired) electrons. The van der Waals surface area contributed by atoms with Crippen molar-refractivity contribution < 1.29 is 4.52 Å². The number of hydrogen-bond donors (Lipinski definition) is 0. The first-order valence-electron chi connectivity index (χ1n) is 8.45. The van der Waals surface area contributed by atoms with Crippen LogP contribution in [0.1, 0.15) is 43.5 Å². The SMILES string of the molecule is CC(C)c1nc(CN2CCCN(c3ccc(C#N)cc3)CC2)no1. The third-order valence-electron chi connectivity index (χ3n) is 4.29. The Morgan fingerprint density at radius 1 is 1.17 bits per heavy atom. The molecule has 1 fully saturated rings. The highest BCUT2D eigenvalue weighted by atomic mass is 16.5. The Kier molecular flexibility index (Phi) is 5.11. The maximum Gasteiger partial charge on any atom is 0.229 e. The van der Waals surface area contributed by atoms with E-state index in [9.17, 15) is 0 Å². The molecule has 6 nitrogen and oxygen atoms in total. The highest BCUT2D eigenvalue weighted by Crippen LogP contribution is 2.18. The van der Waals surface area contributed by atoms with Gasteiger partial charge in [-0.15, -0.1) is 0 Å². The second-order valence-electron chi connectivity index (χ2n) is 6.48. The van der Waals surface area contributed by atoms with E-state index in [-0.39, 0.29) is 5.92 Å². The lowest BCUT2D eigenvalue weighted by atomic mass is 10.2. The molecule has 126 valence electrons. The van der Waals surface area contributed by atoms with E-state index in [0.29, 0.717) is 11.5 Å². The zero-order valence-corrected chi connectivity index (χ0v) is 14.3. The van der Waals surface area contributed by atoms with Gasteiger partial charge in [0.1, 0.15) is 0 Å². The minimum absolute atomic E-state index is 0.266. The van der Waals surface area contributed by atoms with E-state index in [1.54, 1.807) is 0 Å². The Morgan fingerprint density at radius 2 is 1.96 bits per heavy atom. The van der Waals surface area contributed by atoms with Crippen molar-refractivity contribution in [1.29, 1.82) is 5.26 Å². The smallest absolute Gasteiger partial charge is 0.229 e. The van der Waals surface area contributed by atoms with Gasteiger partial charge in [0.25, 0.3) is 0 Å². The summed E-state index contributed by atoms with van der Waals surface area (Å²) in [6, 6.07) is 9.98. The van der Waals surface area contributed by atoms with Crippen molar-refractivity contribution in [3.05, 3.63) is 41.5 Å². The van der Waals surface area contributed by atoms with Gasteiger partial charge >= 0.3 is 0 Å². The highest BCUT2D eigenvalue weighted by molar-refractivity contribution is 5.49. The Labute approximate surface area is 142 Å². The van der Waals surface area contributed by atoms with E-state index >= 15 is 0 Å². The molecule has 3 rings (SSSR count). The molecule has 1 aromatic carbocycles. The molecule has 0 spiro atoms. The van der Waals surface area contributed by atoms with Crippen LogP contribution in [0.2, 0.25) is 0 Å². The van der Waals surface area contributed by atoms with Crippen LogP contribution in [0.4, 0.5) is 5.69 Å². The highest BCUT2D eigenvalue weighted by Gasteiger charge is 2.18. The first kappa shape index (κ1) is 16.5. The molecule has 0 amide bonds. The van der Waals surface area contributed by atoms with Gasteiger partial charge in [-0.2, -0.15) is 10.2 Å². The molecule has 0 aliphatic carbocycles. The second-order valence-corrected chi connectivity index (χ2v) is 6.48. The minimum atomic E-state index is 0.266. The number of aromatic nitrogens is 2. The maximum atomic E-state index is 8.90. The summed E-state index contributed by atoms with van der Waals surface area (Å²) in [6.45, 7) is 8.81. The van der Waals surface area contributed by atoms with Crippen LogP contribution in [0.3, 0.4) is 0 Å². The number of anilines is 1. The van der Waals surface area contributed by atoms with E-state index in [4.69, 9.17) is 9.78 Å². The van der Waals surface area contributed by atoms with E-state index in [2.05, 4.69) is 39.9 Å². The standard InChI is InChI=1S/C18H23N5O/c1-14(2)18-20-17(21-24-18)13-22-8-3-9-23(11-10-22)16-6-4-15(12-19)5-7-16/h4-7,14H,3,8-11,13H2,1-2H3. The molecule has 0 bridgehead atoms.